The van der Waals surface area contributed by atoms with Gasteiger partial charge < -0.3 is 82.0 Å². The summed E-state index contributed by atoms with van der Waals surface area (Å²) >= 11 is 0. The van der Waals surface area contributed by atoms with Gasteiger partial charge in [-0.2, -0.15) is 0 Å². The summed E-state index contributed by atoms with van der Waals surface area (Å²) in [5.41, 5.74) is 13.5. The molecular formula is C57H76N11O16Y-. The van der Waals surface area contributed by atoms with Crippen LogP contribution in [0.1, 0.15) is 101 Å². The van der Waals surface area contributed by atoms with E-state index in [9.17, 15) is 53.1 Å². The van der Waals surface area contributed by atoms with Crippen molar-refractivity contribution in [2.75, 3.05) is 58.9 Å². The second kappa shape index (κ2) is 33.8. The number of methoxy groups -OCH3 is 2. The third kappa shape index (κ3) is 19.5. The Labute approximate surface area is 516 Å². The number of nitrogens with two attached hydrogens (primary N) is 1. The van der Waals surface area contributed by atoms with Crippen LogP contribution in [0.3, 0.4) is 0 Å². The van der Waals surface area contributed by atoms with E-state index < -0.39 is 95.4 Å². The van der Waals surface area contributed by atoms with Crippen LogP contribution in [0.5, 0.6) is 5.75 Å². The number of primary amides is 1. The summed E-state index contributed by atoms with van der Waals surface area (Å²) in [6.07, 6.45) is -0.762. The van der Waals surface area contributed by atoms with E-state index in [0.717, 1.165) is 16.5 Å². The van der Waals surface area contributed by atoms with Gasteiger partial charge in [0.05, 0.1) is 49.8 Å². The summed E-state index contributed by atoms with van der Waals surface area (Å²) < 4.78 is 27.5. The Morgan fingerprint density at radius 2 is 1.52 bits per heavy atom. The number of aryl methyl sites for hydroxylation is 1. The first-order valence-electron chi connectivity index (χ1n) is 27.5. The van der Waals surface area contributed by atoms with E-state index in [1.54, 1.807) is 46.1 Å². The number of carbonyl (C=O) groups is 9. The molecule has 5 rings (SSSR count). The molecule has 459 valence electrons. The molecule has 0 bridgehead atoms. The number of rotatable bonds is 32. The van der Waals surface area contributed by atoms with Crippen LogP contribution in [0.4, 0.5) is 15.3 Å². The number of urea groups is 1. The number of nitrogens with one attached hydrogen (secondary N) is 8. The van der Waals surface area contributed by atoms with Gasteiger partial charge in [0, 0.05) is 101 Å². The van der Waals surface area contributed by atoms with E-state index in [1.165, 1.54) is 36.8 Å². The van der Waals surface area contributed by atoms with Gasteiger partial charge in [-0.15, -0.1) is 6.54 Å². The predicted molar refractivity (Wildman–Crippen MR) is 306 cm³/mol. The Bertz CT molecular complexity index is 3100. The smallest absolute Gasteiger partial charge is 0.407 e. The van der Waals surface area contributed by atoms with Gasteiger partial charge in [-0.05, 0) is 85.5 Å². The van der Waals surface area contributed by atoms with Crippen LogP contribution in [0.25, 0.3) is 28.0 Å². The Hall–Kier alpha value is -7.59. The number of alkyl carbamates (subject to hydrolysis) is 1. The molecule has 2 aromatic heterocycles. The van der Waals surface area contributed by atoms with E-state index in [4.69, 9.17) is 40.1 Å². The molecule has 0 saturated carbocycles. The predicted octanol–water partition coefficient (Wildman–Crippen LogP) is 2.61. The third-order valence-corrected chi connectivity index (χ3v) is 13.8. The van der Waals surface area contributed by atoms with E-state index >= 15 is 0 Å². The van der Waals surface area contributed by atoms with Crippen molar-refractivity contribution in [2.45, 2.75) is 123 Å². The summed E-state index contributed by atoms with van der Waals surface area (Å²) in [5.74, 6) is -4.85. The molecule has 1 aliphatic heterocycles. The molecule has 28 heteroatoms. The van der Waals surface area contributed by atoms with Crippen LogP contribution >= 0.6 is 0 Å². The fraction of sp³-hybridized carbons (Fsp3) is 0.491. The second-order valence-electron chi connectivity index (χ2n) is 20.0. The Kier molecular flexibility index (Phi) is 27.8. The van der Waals surface area contributed by atoms with Crippen LogP contribution in [-0.2, 0) is 117 Å². The van der Waals surface area contributed by atoms with Gasteiger partial charge in [-0.3, -0.25) is 38.4 Å². The summed E-state index contributed by atoms with van der Waals surface area (Å²) in [5, 5.41) is 31.2. The topological polar surface area (TPSA) is 389 Å². The molecule has 4 atom stereocenters. The largest absolute Gasteiger partial charge is 0.676 e. The molecule has 0 unspecified atom stereocenters. The maximum Gasteiger partial charge on any atom is 0.407 e. The van der Waals surface area contributed by atoms with Crippen molar-refractivity contribution in [1.29, 1.82) is 0 Å². The normalized spacial score (nSPS) is 13.0. The van der Waals surface area contributed by atoms with Crippen LogP contribution in [-0.4, -0.2) is 140 Å². The molecule has 0 spiro atoms. The van der Waals surface area contributed by atoms with Gasteiger partial charge in [0.25, 0.3) is 11.5 Å². The van der Waals surface area contributed by atoms with Gasteiger partial charge in [0.15, 0.2) is 5.60 Å². The Morgan fingerprint density at radius 1 is 0.812 bits per heavy atom. The number of benzene rings is 2. The minimum absolute atomic E-state index is 0. The van der Waals surface area contributed by atoms with Crippen LogP contribution in [0.2, 0.25) is 0 Å². The molecule has 1 aliphatic rings. The zero-order chi connectivity index (χ0) is 61.7. The van der Waals surface area contributed by atoms with E-state index in [0.29, 0.717) is 40.3 Å². The van der Waals surface area contributed by atoms with Gasteiger partial charge >= 0.3 is 24.1 Å². The van der Waals surface area contributed by atoms with Crippen molar-refractivity contribution in [3.05, 3.63) is 92.4 Å². The molecule has 1 radical (unpaired) electrons. The zero-order valence-electron chi connectivity index (χ0n) is 48.9. The minimum atomic E-state index is -2.30. The number of amides is 8. The number of aromatic nitrogens is 2. The Balaban J connectivity index is 0.0000155. The van der Waals surface area contributed by atoms with E-state index in [1.807, 2.05) is 19.1 Å². The number of esters is 2. The number of carbonyl (C=O) groups excluding carboxylic acids is 9. The van der Waals surface area contributed by atoms with Crippen LogP contribution in [0, 0.1) is 5.92 Å². The number of hydrogen-bond acceptors (Lipinski definition) is 17. The average molecular weight is 1260 g/mol. The van der Waals surface area contributed by atoms with Gasteiger partial charge in [0.2, 0.25) is 23.6 Å². The first kappa shape index (κ1) is 69.9. The average Bonchev–Trinajstić information content (AvgIpc) is 4.03. The Morgan fingerprint density at radius 3 is 2.15 bits per heavy atom. The molecule has 27 nitrogen and oxygen atoms in total. The minimum Gasteiger partial charge on any atom is -0.676 e. The molecule has 0 saturated heterocycles. The van der Waals surface area contributed by atoms with Gasteiger partial charge in [-0.1, -0.05) is 39.8 Å². The van der Waals surface area contributed by atoms with Crippen molar-refractivity contribution < 1.29 is 105 Å². The summed E-state index contributed by atoms with van der Waals surface area (Å²) in [4.78, 5) is 135. The molecule has 2 aromatic carbocycles. The van der Waals surface area contributed by atoms with Gasteiger partial charge in [-0.25, -0.2) is 14.6 Å². The summed E-state index contributed by atoms with van der Waals surface area (Å²) in [6.45, 7) is 7.31. The fourth-order valence-corrected chi connectivity index (χ4v) is 9.29. The molecule has 3 heterocycles. The number of fused-ring (bicyclic) bond motifs is 4. The zero-order valence-corrected chi connectivity index (χ0v) is 51.7. The van der Waals surface area contributed by atoms with E-state index in [2.05, 4.69) is 37.2 Å². The second-order valence-corrected chi connectivity index (χ2v) is 20.0. The third-order valence-electron chi connectivity index (χ3n) is 13.8. The van der Waals surface area contributed by atoms with E-state index in [-0.39, 0.29) is 135 Å². The maximum absolute atomic E-state index is 14.3. The van der Waals surface area contributed by atoms with Crippen molar-refractivity contribution in [3.63, 3.8) is 0 Å². The van der Waals surface area contributed by atoms with Crippen LogP contribution in [0.15, 0.2) is 53.3 Å². The number of anilines is 1. The molecule has 11 N–H and O–H groups in total. The van der Waals surface area contributed by atoms with Crippen molar-refractivity contribution >= 4 is 70.2 Å². The molecule has 85 heavy (non-hydrogen) atoms. The molecule has 0 aliphatic carbocycles. The number of aliphatic hydroxyl groups is 1. The molecular weight excluding hydrogens is 1180 g/mol. The standard InChI is InChI=1S/C57H76N11O16.Y/c1-8-37-38-27-36(80-6)16-17-42(38)65-49-39(37)29-68-45(49)28-41(40(53(68)75)31-83-33(5)69)57(79,9-2)54(76)60-23-24-62-56(78)84-30-34-12-14-35(15-13-34)63-50(72)43(11-10-22-61-55(59)77)66-52(74)48(32(3)4)67-51(73)44(18-19-47(71)81-7)64-46(70)20-25-82-26-21-58;/h12-17,27-28,32,43-44,48,58,79H,8-11,18-26,29-31H2,1-7H3,(H,60,76)(H,62,78)(H,63,72)(H,64,70)(H,66,74)(H,67,73)(H3,59,61,77);/q-1;/t43-,44-,48-,57-;/m0./s1. The van der Waals surface area contributed by atoms with Crippen LogP contribution < -0.4 is 53.2 Å². The summed E-state index contributed by atoms with van der Waals surface area (Å²) in [7, 11) is 2.74. The maximum atomic E-state index is 14.3. The SMILES string of the molecule is CCc1c2c(nc3ccc(OC)cc13)-c1cc([C@@](O)(CC)C(=O)NCCNC(=O)OCc3ccc(NC(=O)[C@H](CCCNC(N)=O)NC(=O)[C@@H](NC(=O)[C@H](CCC(=O)OC)NC(=O)CCOCC[NH-])C(C)C)cc3)c(COC(C)=O)c(=O)n1C2.[Y]. The first-order chi connectivity index (χ1) is 40.1. The van der Waals surface area contributed by atoms with Crippen molar-refractivity contribution in [1.82, 2.24) is 41.5 Å². The fourth-order valence-electron chi connectivity index (χ4n) is 9.29. The monoisotopic (exact) mass is 1260 g/mol. The summed E-state index contributed by atoms with van der Waals surface area (Å²) in [6, 6.07) is 8.73. The first-order valence-corrected chi connectivity index (χ1v) is 27.5. The van der Waals surface area contributed by atoms with Crippen molar-refractivity contribution in [3.8, 4) is 17.1 Å². The van der Waals surface area contributed by atoms with Crippen molar-refractivity contribution in [2.24, 2.45) is 11.7 Å². The number of nitrogens with zero attached hydrogens (tertiary/aromatic N) is 2. The quantitative estimate of drug-likeness (QED) is 0.0170. The van der Waals surface area contributed by atoms with Gasteiger partial charge in [0.1, 0.15) is 37.1 Å². The number of pyridine rings is 2. The molecule has 4 aromatic rings. The molecule has 0 fully saturated rings. The molecule has 8 amide bonds. The number of hydrogen-bond donors (Lipinski definition) is 9. The number of ether oxygens (including phenoxy) is 5.